The van der Waals surface area contributed by atoms with Crippen LogP contribution in [0, 0.1) is 0 Å². The normalized spacial score (nSPS) is 12.0. The van der Waals surface area contributed by atoms with Gasteiger partial charge < -0.3 is 9.30 Å². The zero-order valence-corrected chi connectivity index (χ0v) is 15.9. The molecule has 2 heterocycles. The number of halogens is 1. The van der Waals surface area contributed by atoms with Gasteiger partial charge in [-0.3, -0.25) is 4.79 Å². The van der Waals surface area contributed by atoms with Crippen molar-refractivity contribution in [2.75, 3.05) is 6.61 Å². The number of benzene rings is 1. The van der Waals surface area contributed by atoms with Crippen LogP contribution >= 0.6 is 38.6 Å². The monoisotopic (exact) mass is 410 g/mol. The molecule has 0 atom stereocenters. The van der Waals surface area contributed by atoms with E-state index >= 15 is 0 Å². The van der Waals surface area contributed by atoms with E-state index in [1.54, 1.807) is 6.07 Å². The zero-order chi connectivity index (χ0) is 16.4. The number of carbonyl (C=O) groups excluding carboxylic acids is 1. The van der Waals surface area contributed by atoms with Gasteiger partial charge in [0.1, 0.15) is 11.3 Å². The minimum atomic E-state index is -0.215. The Labute approximate surface area is 150 Å². The second kappa shape index (κ2) is 6.98. The van der Waals surface area contributed by atoms with E-state index in [-0.39, 0.29) is 5.91 Å². The van der Waals surface area contributed by atoms with Crippen molar-refractivity contribution < 1.29 is 9.53 Å². The number of carbonyl (C=O) groups is 1. The number of ether oxygens (including phenoxy) is 1. The molecule has 0 N–H and O–H groups in total. The number of amides is 1. The third kappa shape index (κ3) is 3.27. The molecule has 0 aliphatic carbocycles. The average molecular weight is 411 g/mol. The molecule has 120 valence electrons. The molecule has 0 aliphatic heterocycles. The number of thiophene rings is 1. The number of thiazole rings is 1. The molecule has 0 radical (unpaired) electrons. The fraction of sp³-hybridized carbons (Fsp3) is 0.250. The van der Waals surface area contributed by atoms with Gasteiger partial charge in [-0.15, -0.1) is 11.3 Å². The van der Waals surface area contributed by atoms with E-state index in [4.69, 9.17) is 4.74 Å². The molecular weight excluding hydrogens is 396 g/mol. The molecule has 7 heteroatoms. The summed E-state index contributed by atoms with van der Waals surface area (Å²) < 4.78 is 9.75. The Bertz CT molecular complexity index is 924. The van der Waals surface area contributed by atoms with Crippen LogP contribution in [-0.2, 0) is 6.54 Å². The fourth-order valence-electron chi connectivity index (χ4n) is 2.32. The maximum absolute atomic E-state index is 12.4. The van der Waals surface area contributed by atoms with Crippen LogP contribution in [0.1, 0.15) is 23.5 Å². The van der Waals surface area contributed by atoms with Gasteiger partial charge in [-0.25, -0.2) is 0 Å². The first kappa shape index (κ1) is 16.4. The molecular formula is C16H15BrN2O2S2. The number of fused-ring (bicyclic) bond motifs is 1. The maximum atomic E-state index is 12.4. The molecule has 1 aromatic carbocycles. The summed E-state index contributed by atoms with van der Waals surface area (Å²) in [4.78, 5) is 18.0. The van der Waals surface area contributed by atoms with Crippen LogP contribution in [0.5, 0.6) is 5.75 Å². The summed E-state index contributed by atoms with van der Waals surface area (Å²) in [5.74, 6) is 0.614. The van der Waals surface area contributed by atoms with Gasteiger partial charge in [-0.1, -0.05) is 17.4 Å². The molecule has 3 rings (SSSR count). The highest BCUT2D eigenvalue weighted by molar-refractivity contribution is 9.11. The molecule has 4 nitrogen and oxygen atoms in total. The number of nitrogens with zero attached hydrogens (tertiary/aromatic N) is 2. The van der Waals surface area contributed by atoms with E-state index in [1.165, 1.54) is 22.7 Å². The van der Waals surface area contributed by atoms with Gasteiger partial charge in [0, 0.05) is 6.54 Å². The minimum absolute atomic E-state index is 0.215. The van der Waals surface area contributed by atoms with Crippen LogP contribution in [0.3, 0.4) is 0 Å². The van der Waals surface area contributed by atoms with Gasteiger partial charge in [0.15, 0.2) is 4.80 Å². The van der Waals surface area contributed by atoms with Crippen molar-refractivity contribution in [3.8, 4) is 5.75 Å². The van der Waals surface area contributed by atoms with Crippen molar-refractivity contribution in [2.45, 2.75) is 20.4 Å². The zero-order valence-electron chi connectivity index (χ0n) is 12.7. The number of para-hydroxylation sites is 1. The Balaban J connectivity index is 2.16. The molecule has 23 heavy (non-hydrogen) atoms. The second-order valence-corrected chi connectivity index (χ2v) is 8.16. The highest BCUT2D eigenvalue weighted by Crippen LogP contribution is 2.28. The van der Waals surface area contributed by atoms with Gasteiger partial charge >= 0.3 is 0 Å². The Morgan fingerprint density at radius 2 is 2.09 bits per heavy atom. The largest absolute Gasteiger partial charge is 0.492 e. The topological polar surface area (TPSA) is 43.6 Å². The Morgan fingerprint density at radius 3 is 2.74 bits per heavy atom. The summed E-state index contributed by atoms with van der Waals surface area (Å²) in [5, 5.41) is 0. The summed E-state index contributed by atoms with van der Waals surface area (Å²) in [6.45, 7) is 5.34. The van der Waals surface area contributed by atoms with E-state index < -0.39 is 0 Å². The van der Waals surface area contributed by atoms with Crippen molar-refractivity contribution >= 4 is 54.7 Å². The molecule has 0 spiro atoms. The van der Waals surface area contributed by atoms with Crippen LogP contribution in [0.15, 0.2) is 39.1 Å². The lowest BCUT2D eigenvalue weighted by Gasteiger charge is -2.07. The van der Waals surface area contributed by atoms with Crippen molar-refractivity contribution in [3.63, 3.8) is 0 Å². The lowest BCUT2D eigenvalue weighted by atomic mass is 10.3. The molecule has 0 aliphatic rings. The first-order chi connectivity index (χ1) is 11.1. The van der Waals surface area contributed by atoms with Crippen molar-refractivity contribution in [1.29, 1.82) is 0 Å². The Morgan fingerprint density at radius 1 is 1.26 bits per heavy atom. The van der Waals surface area contributed by atoms with Crippen LogP contribution in [-0.4, -0.2) is 17.1 Å². The van der Waals surface area contributed by atoms with Crippen molar-refractivity contribution in [1.82, 2.24) is 4.57 Å². The lowest BCUT2D eigenvalue weighted by Crippen LogP contribution is -2.16. The van der Waals surface area contributed by atoms with E-state index in [2.05, 4.69) is 20.9 Å². The van der Waals surface area contributed by atoms with Gasteiger partial charge in [0.05, 0.1) is 20.0 Å². The van der Waals surface area contributed by atoms with Gasteiger partial charge in [0.25, 0.3) is 5.91 Å². The summed E-state index contributed by atoms with van der Waals surface area (Å²) in [7, 11) is 0. The first-order valence-electron chi connectivity index (χ1n) is 7.23. The van der Waals surface area contributed by atoms with E-state index in [9.17, 15) is 4.79 Å². The number of rotatable bonds is 4. The predicted octanol–water partition coefficient (Wildman–Crippen LogP) is 4.69. The molecule has 2 aromatic heterocycles. The average Bonchev–Trinajstić information content (AvgIpc) is 3.11. The summed E-state index contributed by atoms with van der Waals surface area (Å²) in [6.07, 6.45) is 0. The molecule has 0 unspecified atom stereocenters. The number of aryl methyl sites for hydroxylation is 1. The SMILES string of the molecule is CCOc1cccc2sc(=NC(=O)c3ccc(Br)s3)n(CC)c12. The second-order valence-electron chi connectivity index (χ2n) is 4.69. The number of hydrogen-bond acceptors (Lipinski definition) is 4. The molecule has 3 aromatic rings. The van der Waals surface area contributed by atoms with Crippen LogP contribution in [0.4, 0.5) is 0 Å². The van der Waals surface area contributed by atoms with Crippen LogP contribution < -0.4 is 9.54 Å². The molecule has 0 fully saturated rings. The maximum Gasteiger partial charge on any atom is 0.289 e. The summed E-state index contributed by atoms with van der Waals surface area (Å²) in [6, 6.07) is 9.59. The molecule has 0 saturated carbocycles. The van der Waals surface area contributed by atoms with Crippen LogP contribution in [0.2, 0.25) is 0 Å². The van der Waals surface area contributed by atoms with E-state index in [0.29, 0.717) is 16.3 Å². The summed E-state index contributed by atoms with van der Waals surface area (Å²) >= 11 is 6.27. The third-order valence-corrected chi connectivity index (χ3v) is 5.92. The Kier molecular flexibility index (Phi) is 4.99. The van der Waals surface area contributed by atoms with Gasteiger partial charge in [-0.2, -0.15) is 4.99 Å². The van der Waals surface area contributed by atoms with E-state index in [1.807, 2.05) is 42.7 Å². The van der Waals surface area contributed by atoms with Crippen molar-refractivity contribution in [3.05, 3.63) is 43.8 Å². The van der Waals surface area contributed by atoms with Crippen molar-refractivity contribution in [2.24, 2.45) is 4.99 Å². The smallest absolute Gasteiger partial charge is 0.289 e. The first-order valence-corrected chi connectivity index (χ1v) is 9.66. The Hall–Kier alpha value is -1.44. The minimum Gasteiger partial charge on any atom is -0.492 e. The van der Waals surface area contributed by atoms with Gasteiger partial charge in [0.2, 0.25) is 0 Å². The van der Waals surface area contributed by atoms with Crippen LogP contribution in [0.25, 0.3) is 10.2 Å². The van der Waals surface area contributed by atoms with Gasteiger partial charge in [-0.05, 0) is 54.0 Å². The molecule has 0 saturated heterocycles. The number of aromatic nitrogens is 1. The molecule has 0 bridgehead atoms. The standard InChI is InChI=1S/C16H15BrN2O2S2/c1-3-19-14-10(21-4-2)6-5-7-11(14)23-16(19)18-15(20)12-8-9-13(17)22-12/h5-9H,3-4H2,1-2H3. The lowest BCUT2D eigenvalue weighted by molar-refractivity contribution is 0.100. The third-order valence-electron chi connectivity index (χ3n) is 3.26. The predicted molar refractivity (Wildman–Crippen MR) is 98.6 cm³/mol. The number of hydrogen-bond donors (Lipinski definition) is 0. The fourth-order valence-corrected chi connectivity index (χ4v) is 4.70. The van der Waals surface area contributed by atoms with E-state index in [0.717, 1.165) is 26.3 Å². The molecule has 1 amide bonds. The quantitative estimate of drug-likeness (QED) is 0.626. The summed E-state index contributed by atoms with van der Waals surface area (Å²) in [5.41, 5.74) is 1.00. The highest BCUT2D eigenvalue weighted by Gasteiger charge is 2.13. The highest BCUT2D eigenvalue weighted by atomic mass is 79.9.